The molecule has 7 heteroatoms. The van der Waals surface area contributed by atoms with E-state index in [0.29, 0.717) is 31.6 Å². The van der Waals surface area contributed by atoms with Crippen LogP contribution >= 0.6 is 0 Å². The third-order valence-corrected chi connectivity index (χ3v) is 4.40. The number of carbonyl (C=O) groups excluding carboxylic acids is 2. The van der Waals surface area contributed by atoms with Crippen molar-refractivity contribution < 1.29 is 14.3 Å². The van der Waals surface area contributed by atoms with Crippen molar-refractivity contribution in [3.05, 3.63) is 42.2 Å². The molecule has 7 nitrogen and oxygen atoms in total. The fourth-order valence-electron chi connectivity index (χ4n) is 3.08. The average molecular weight is 342 g/mol. The van der Waals surface area contributed by atoms with Crippen molar-refractivity contribution in [1.29, 1.82) is 0 Å². The second-order valence-electron chi connectivity index (χ2n) is 6.09. The fraction of sp³-hybridized carbons (Fsp3) is 0.389. The van der Waals surface area contributed by atoms with Crippen molar-refractivity contribution in [2.45, 2.75) is 25.3 Å². The van der Waals surface area contributed by atoms with Crippen LogP contribution in [0.25, 0.3) is 0 Å². The van der Waals surface area contributed by atoms with Gasteiger partial charge in [-0.1, -0.05) is 12.1 Å². The number of rotatable bonds is 6. The van der Waals surface area contributed by atoms with Crippen molar-refractivity contribution in [3.8, 4) is 5.75 Å². The summed E-state index contributed by atoms with van der Waals surface area (Å²) in [5, 5.41) is 7.05. The molecule has 0 spiro atoms. The predicted molar refractivity (Wildman–Crippen MR) is 93.4 cm³/mol. The van der Waals surface area contributed by atoms with Gasteiger partial charge in [-0.15, -0.1) is 0 Å². The van der Waals surface area contributed by atoms with Gasteiger partial charge in [0.15, 0.2) is 0 Å². The van der Waals surface area contributed by atoms with Gasteiger partial charge in [0.25, 0.3) is 0 Å². The fourth-order valence-corrected chi connectivity index (χ4v) is 3.08. The molecule has 0 saturated carbocycles. The molecule has 1 aliphatic rings. The molecule has 1 fully saturated rings. The Hall–Kier alpha value is -2.83. The first-order chi connectivity index (χ1) is 12.1. The van der Waals surface area contributed by atoms with Crippen molar-refractivity contribution in [3.63, 3.8) is 0 Å². The molecule has 0 aliphatic carbocycles. The maximum Gasteiger partial charge on any atom is 0.229 e. The van der Waals surface area contributed by atoms with E-state index in [1.165, 1.54) is 0 Å². The Bertz CT molecular complexity index is 771. The van der Waals surface area contributed by atoms with Gasteiger partial charge in [0.2, 0.25) is 11.8 Å². The van der Waals surface area contributed by atoms with E-state index < -0.39 is 0 Å². The molecule has 1 N–H and O–H groups in total. The highest BCUT2D eigenvalue weighted by Gasteiger charge is 2.32. The minimum atomic E-state index is -0.184. The Morgan fingerprint density at radius 1 is 1.36 bits per heavy atom. The van der Waals surface area contributed by atoms with Gasteiger partial charge in [-0.3, -0.25) is 14.3 Å². The molecule has 25 heavy (non-hydrogen) atoms. The van der Waals surface area contributed by atoms with Gasteiger partial charge in [0.1, 0.15) is 5.75 Å². The van der Waals surface area contributed by atoms with Crippen LogP contribution in [0.3, 0.4) is 0 Å². The number of amides is 2. The first-order valence-corrected chi connectivity index (χ1v) is 8.28. The molecule has 1 atom stereocenters. The van der Waals surface area contributed by atoms with Crippen molar-refractivity contribution >= 4 is 17.5 Å². The zero-order valence-electron chi connectivity index (χ0n) is 14.4. The largest absolute Gasteiger partial charge is 0.495 e. The number of anilines is 1. The van der Waals surface area contributed by atoms with Crippen LogP contribution < -0.4 is 15.0 Å². The van der Waals surface area contributed by atoms with E-state index in [1.54, 1.807) is 22.9 Å². The number of benzene rings is 1. The van der Waals surface area contributed by atoms with Crippen LogP contribution in [0.1, 0.15) is 18.5 Å². The summed E-state index contributed by atoms with van der Waals surface area (Å²) in [4.78, 5) is 26.2. The molecular formula is C18H22N4O3. The molecule has 0 radical (unpaired) electrons. The number of aromatic nitrogens is 2. The summed E-state index contributed by atoms with van der Waals surface area (Å²) in [7, 11) is 3.44. The molecule has 1 unspecified atom stereocenters. The Morgan fingerprint density at radius 2 is 2.16 bits per heavy atom. The number of hydrogen-bond donors (Lipinski definition) is 1. The van der Waals surface area contributed by atoms with E-state index >= 15 is 0 Å². The highest BCUT2D eigenvalue weighted by Crippen LogP contribution is 2.30. The normalized spacial score (nSPS) is 17.0. The van der Waals surface area contributed by atoms with Crippen LogP contribution in [0.5, 0.6) is 5.75 Å². The molecule has 2 amide bonds. The summed E-state index contributed by atoms with van der Waals surface area (Å²) in [6.45, 7) is 0.455. The van der Waals surface area contributed by atoms with E-state index in [-0.39, 0.29) is 17.9 Å². The monoisotopic (exact) mass is 342 g/mol. The van der Waals surface area contributed by atoms with E-state index in [0.717, 1.165) is 11.4 Å². The predicted octanol–water partition coefficient (Wildman–Crippen LogP) is 1.28. The Balaban J connectivity index is 1.57. The van der Waals surface area contributed by atoms with Crippen LogP contribution in [-0.2, 0) is 23.1 Å². The van der Waals surface area contributed by atoms with Crippen LogP contribution in [0, 0.1) is 0 Å². The van der Waals surface area contributed by atoms with E-state index in [4.69, 9.17) is 4.74 Å². The van der Waals surface area contributed by atoms with Gasteiger partial charge in [-0.2, -0.15) is 5.10 Å². The van der Waals surface area contributed by atoms with Crippen LogP contribution in [0.4, 0.5) is 5.69 Å². The molecular weight excluding hydrogens is 320 g/mol. The second-order valence-corrected chi connectivity index (χ2v) is 6.09. The summed E-state index contributed by atoms with van der Waals surface area (Å²) in [5.41, 5.74) is 1.75. The second kappa shape index (κ2) is 7.38. The minimum Gasteiger partial charge on any atom is -0.495 e. The molecule has 1 aliphatic heterocycles. The first kappa shape index (κ1) is 17.0. The third kappa shape index (κ3) is 3.81. The average Bonchev–Trinajstić information content (AvgIpc) is 3.18. The first-order valence-electron chi connectivity index (χ1n) is 8.28. The number of nitrogens with zero attached hydrogens (tertiary/aromatic N) is 3. The number of para-hydroxylation sites is 2. The number of carbonyl (C=O) groups is 2. The zero-order chi connectivity index (χ0) is 17.8. The Labute approximate surface area is 146 Å². The maximum atomic E-state index is 12.3. The number of methoxy groups -OCH3 is 1. The van der Waals surface area contributed by atoms with Crippen LogP contribution in [-0.4, -0.2) is 41.3 Å². The van der Waals surface area contributed by atoms with Gasteiger partial charge in [0, 0.05) is 38.3 Å². The molecule has 132 valence electrons. The lowest BCUT2D eigenvalue weighted by molar-refractivity contribution is -0.121. The lowest BCUT2D eigenvalue weighted by Gasteiger charge is -2.19. The van der Waals surface area contributed by atoms with Crippen molar-refractivity contribution in [2.75, 3.05) is 18.6 Å². The summed E-state index contributed by atoms with van der Waals surface area (Å²) in [6.07, 6.45) is 3.02. The van der Waals surface area contributed by atoms with Crippen molar-refractivity contribution in [2.24, 2.45) is 7.05 Å². The van der Waals surface area contributed by atoms with E-state index in [9.17, 15) is 9.59 Å². The highest BCUT2D eigenvalue weighted by molar-refractivity contribution is 5.98. The third-order valence-electron chi connectivity index (χ3n) is 4.40. The van der Waals surface area contributed by atoms with Crippen molar-refractivity contribution in [1.82, 2.24) is 15.1 Å². The standard InChI is InChI=1S/C18H22N4O3/c1-21-14(9-10-19-21)7-8-17(23)20-13-11-18(24)22(12-13)15-5-3-4-6-16(15)25-2/h3-6,9-10,13H,7-8,11-12H2,1-2H3,(H,20,23). The van der Waals surface area contributed by atoms with Crippen LogP contribution in [0.2, 0.25) is 0 Å². The zero-order valence-corrected chi connectivity index (χ0v) is 14.4. The number of ether oxygens (including phenoxy) is 1. The highest BCUT2D eigenvalue weighted by atomic mass is 16.5. The molecule has 1 aromatic heterocycles. The molecule has 0 bridgehead atoms. The SMILES string of the molecule is COc1ccccc1N1CC(NC(=O)CCc2ccnn2C)CC1=O. The van der Waals surface area contributed by atoms with Gasteiger partial charge in [-0.05, 0) is 24.6 Å². The van der Waals surface area contributed by atoms with E-state index in [1.807, 2.05) is 37.4 Å². The van der Waals surface area contributed by atoms with Gasteiger partial charge < -0.3 is 15.0 Å². The quantitative estimate of drug-likeness (QED) is 0.858. The number of hydrogen-bond acceptors (Lipinski definition) is 4. The summed E-state index contributed by atoms with van der Waals surface area (Å²) in [5.74, 6) is 0.585. The molecule has 2 heterocycles. The molecule has 2 aromatic rings. The van der Waals surface area contributed by atoms with Crippen LogP contribution in [0.15, 0.2) is 36.5 Å². The van der Waals surface area contributed by atoms with E-state index in [2.05, 4.69) is 10.4 Å². The summed E-state index contributed by atoms with van der Waals surface area (Å²) >= 11 is 0. The Kier molecular flexibility index (Phi) is 5.02. The summed E-state index contributed by atoms with van der Waals surface area (Å²) in [6, 6.07) is 9.11. The smallest absolute Gasteiger partial charge is 0.229 e. The summed E-state index contributed by atoms with van der Waals surface area (Å²) < 4.78 is 7.08. The van der Waals surface area contributed by atoms with Gasteiger partial charge in [0.05, 0.1) is 18.8 Å². The Morgan fingerprint density at radius 3 is 2.88 bits per heavy atom. The molecule has 1 saturated heterocycles. The number of aryl methyl sites for hydroxylation is 2. The topological polar surface area (TPSA) is 76.5 Å². The lowest BCUT2D eigenvalue weighted by atomic mass is 10.2. The maximum absolute atomic E-state index is 12.3. The minimum absolute atomic E-state index is 0.0126. The lowest BCUT2D eigenvalue weighted by Crippen LogP contribution is -2.37. The van der Waals surface area contributed by atoms with Gasteiger partial charge >= 0.3 is 0 Å². The molecule has 3 rings (SSSR count). The number of nitrogens with one attached hydrogen (secondary N) is 1. The molecule has 1 aromatic carbocycles. The van der Waals surface area contributed by atoms with Gasteiger partial charge in [-0.25, -0.2) is 0 Å².